The molecule has 178 valence electrons. The number of amides is 1. The van der Waals surface area contributed by atoms with E-state index in [1.54, 1.807) is 23.2 Å². The van der Waals surface area contributed by atoms with E-state index < -0.39 is 5.82 Å². The first-order valence-corrected chi connectivity index (χ1v) is 12.1. The van der Waals surface area contributed by atoms with E-state index >= 15 is 0 Å². The Morgan fingerprint density at radius 3 is 2.63 bits per heavy atom. The quantitative estimate of drug-likeness (QED) is 0.401. The lowest BCUT2D eigenvalue weighted by Crippen LogP contribution is -2.39. The fourth-order valence-corrected chi connectivity index (χ4v) is 4.65. The van der Waals surface area contributed by atoms with Gasteiger partial charge in [-0.1, -0.05) is 11.6 Å². The summed E-state index contributed by atoms with van der Waals surface area (Å²) in [6, 6.07) is 4.92. The SMILES string of the molecule is Cc1nc2nc(C3CCC(=O)N(c4cnn(C5CC5)c4)C3)nc(-c3ccc(Cl)cc3F)c2nc1C. The highest BCUT2D eigenvalue weighted by molar-refractivity contribution is 6.30. The van der Waals surface area contributed by atoms with Crippen LogP contribution in [0.4, 0.5) is 10.1 Å². The largest absolute Gasteiger partial charge is 0.309 e. The van der Waals surface area contributed by atoms with Gasteiger partial charge in [0.05, 0.1) is 29.3 Å². The van der Waals surface area contributed by atoms with Gasteiger partial charge in [-0.05, 0) is 51.3 Å². The lowest BCUT2D eigenvalue weighted by Gasteiger charge is -2.31. The van der Waals surface area contributed by atoms with Crippen LogP contribution < -0.4 is 4.90 Å². The molecule has 3 aromatic heterocycles. The van der Waals surface area contributed by atoms with Crippen LogP contribution in [0, 0.1) is 19.7 Å². The molecule has 2 aliphatic rings. The minimum atomic E-state index is -0.489. The molecule has 2 fully saturated rings. The fraction of sp³-hybridized carbons (Fsp3) is 0.360. The number of aromatic nitrogens is 6. The Morgan fingerprint density at radius 1 is 1.06 bits per heavy atom. The van der Waals surface area contributed by atoms with Crippen LogP contribution in [0.25, 0.3) is 22.4 Å². The van der Waals surface area contributed by atoms with Crippen LogP contribution in [0.5, 0.6) is 0 Å². The van der Waals surface area contributed by atoms with E-state index in [0.29, 0.717) is 53.1 Å². The number of halogens is 2. The zero-order valence-electron chi connectivity index (χ0n) is 19.4. The molecule has 1 aliphatic heterocycles. The van der Waals surface area contributed by atoms with Crippen LogP contribution >= 0.6 is 11.6 Å². The molecular weight excluding hydrogens is 469 g/mol. The third-order valence-corrected chi connectivity index (χ3v) is 6.98. The Labute approximate surface area is 206 Å². The van der Waals surface area contributed by atoms with E-state index in [4.69, 9.17) is 21.6 Å². The fourth-order valence-electron chi connectivity index (χ4n) is 4.49. The smallest absolute Gasteiger partial charge is 0.227 e. The van der Waals surface area contributed by atoms with Crippen LogP contribution in [0.15, 0.2) is 30.6 Å². The zero-order chi connectivity index (χ0) is 24.3. The van der Waals surface area contributed by atoms with Gasteiger partial charge in [-0.25, -0.2) is 24.3 Å². The molecule has 0 bridgehead atoms. The lowest BCUT2D eigenvalue weighted by atomic mass is 9.96. The van der Waals surface area contributed by atoms with Gasteiger partial charge in [0, 0.05) is 35.7 Å². The summed E-state index contributed by atoms with van der Waals surface area (Å²) < 4.78 is 16.9. The number of hydrogen-bond acceptors (Lipinski definition) is 6. The lowest BCUT2D eigenvalue weighted by molar-refractivity contribution is -0.119. The maximum atomic E-state index is 15.0. The number of anilines is 1. The molecule has 6 rings (SSSR count). The van der Waals surface area contributed by atoms with Crippen molar-refractivity contribution >= 4 is 34.4 Å². The van der Waals surface area contributed by atoms with Crippen molar-refractivity contribution in [2.75, 3.05) is 11.4 Å². The highest BCUT2D eigenvalue weighted by Crippen LogP contribution is 2.37. The van der Waals surface area contributed by atoms with E-state index in [-0.39, 0.29) is 17.4 Å². The van der Waals surface area contributed by atoms with Crippen LogP contribution in [-0.4, -0.2) is 42.2 Å². The number of hydrogen-bond donors (Lipinski definition) is 0. The molecule has 35 heavy (non-hydrogen) atoms. The number of nitrogens with zero attached hydrogens (tertiary/aromatic N) is 7. The summed E-state index contributed by atoms with van der Waals surface area (Å²) in [5.41, 5.74) is 3.77. The summed E-state index contributed by atoms with van der Waals surface area (Å²) in [4.78, 5) is 33.3. The van der Waals surface area contributed by atoms with Crippen molar-refractivity contribution in [1.82, 2.24) is 29.7 Å². The molecule has 0 radical (unpaired) electrons. The number of benzene rings is 1. The molecule has 1 saturated heterocycles. The Morgan fingerprint density at radius 2 is 1.86 bits per heavy atom. The topological polar surface area (TPSA) is 89.7 Å². The summed E-state index contributed by atoms with van der Waals surface area (Å²) in [7, 11) is 0. The molecule has 1 aromatic carbocycles. The van der Waals surface area contributed by atoms with Crippen LogP contribution in [0.2, 0.25) is 5.02 Å². The minimum Gasteiger partial charge on any atom is -0.309 e. The average molecular weight is 492 g/mol. The van der Waals surface area contributed by atoms with Gasteiger partial charge in [0.25, 0.3) is 0 Å². The van der Waals surface area contributed by atoms with Gasteiger partial charge in [-0.2, -0.15) is 5.10 Å². The summed E-state index contributed by atoms with van der Waals surface area (Å²) in [5.74, 6) is -0.0607. The third kappa shape index (κ3) is 4.03. The first-order chi connectivity index (χ1) is 16.9. The molecule has 1 saturated carbocycles. The second-order valence-electron chi connectivity index (χ2n) is 9.27. The average Bonchev–Trinajstić information content (AvgIpc) is 3.57. The summed E-state index contributed by atoms with van der Waals surface area (Å²) in [6.07, 6.45) is 6.87. The van der Waals surface area contributed by atoms with Crippen molar-refractivity contribution in [3.05, 3.63) is 58.6 Å². The van der Waals surface area contributed by atoms with E-state index in [1.807, 2.05) is 24.7 Å². The number of fused-ring (bicyclic) bond motifs is 1. The van der Waals surface area contributed by atoms with E-state index in [2.05, 4.69) is 15.1 Å². The molecular formula is C25H23ClFN7O. The van der Waals surface area contributed by atoms with E-state index in [0.717, 1.165) is 29.9 Å². The van der Waals surface area contributed by atoms with Crippen molar-refractivity contribution in [1.29, 1.82) is 0 Å². The minimum absolute atomic E-state index is 0.0487. The van der Waals surface area contributed by atoms with Gasteiger partial charge in [0.1, 0.15) is 22.9 Å². The Balaban J connectivity index is 1.43. The molecule has 1 amide bonds. The van der Waals surface area contributed by atoms with Gasteiger partial charge >= 0.3 is 0 Å². The Kier molecular flexibility index (Phi) is 5.25. The first kappa shape index (κ1) is 22.0. The highest BCUT2D eigenvalue weighted by atomic mass is 35.5. The van der Waals surface area contributed by atoms with Crippen molar-refractivity contribution in [2.45, 2.75) is 51.5 Å². The van der Waals surface area contributed by atoms with Crippen molar-refractivity contribution in [2.24, 2.45) is 0 Å². The maximum Gasteiger partial charge on any atom is 0.227 e. The first-order valence-electron chi connectivity index (χ1n) is 11.7. The number of aryl methyl sites for hydroxylation is 2. The van der Waals surface area contributed by atoms with Crippen LogP contribution in [0.1, 0.15) is 54.9 Å². The second-order valence-corrected chi connectivity index (χ2v) is 9.71. The van der Waals surface area contributed by atoms with Gasteiger partial charge in [-0.3, -0.25) is 9.48 Å². The monoisotopic (exact) mass is 491 g/mol. The van der Waals surface area contributed by atoms with Gasteiger partial charge < -0.3 is 4.90 Å². The molecule has 0 spiro atoms. The van der Waals surface area contributed by atoms with Crippen molar-refractivity contribution < 1.29 is 9.18 Å². The normalized spacial score (nSPS) is 18.5. The number of carbonyl (C=O) groups excluding carboxylic acids is 1. The van der Waals surface area contributed by atoms with Crippen molar-refractivity contribution in [3.63, 3.8) is 0 Å². The molecule has 0 N–H and O–H groups in total. The second kappa shape index (κ2) is 8.34. The zero-order valence-corrected chi connectivity index (χ0v) is 20.1. The third-order valence-electron chi connectivity index (χ3n) is 6.74. The Hall–Kier alpha value is -3.46. The van der Waals surface area contributed by atoms with Gasteiger partial charge in [0.2, 0.25) is 5.91 Å². The highest BCUT2D eigenvalue weighted by Gasteiger charge is 2.32. The molecule has 1 unspecified atom stereocenters. The van der Waals surface area contributed by atoms with Crippen molar-refractivity contribution in [3.8, 4) is 11.3 Å². The maximum absolute atomic E-state index is 15.0. The molecule has 8 nitrogen and oxygen atoms in total. The van der Waals surface area contributed by atoms with Gasteiger partial charge in [0.15, 0.2) is 5.65 Å². The number of carbonyl (C=O) groups is 1. The molecule has 10 heteroatoms. The summed E-state index contributed by atoms with van der Waals surface area (Å²) >= 11 is 5.99. The summed E-state index contributed by atoms with van der Waals surface area (Å²) in [5, 5.41) is 4.74. The Bertz CT molecular complexity index is 1480. The molecule has 4 heterocycles. The number of piperidine rings is 1. The van der Waals surface area contributed by atoms with E-state index in [1.165, 1.54) is 6.07 Å². The molecule has 1 atom stereocenters. The number of rotatable bonds is 4. The standard InChI is InChI=1S/C25H23ClFN7O/c1-13-14(2)30-25-23(29-13)22(19-7-4-16(26)9-20(19)27)31-24(32-25)15-3-8-21(35)33(11-15)18-10-28-34(12-18)17-5-6-17/h4,7,9-10,12,15,17H,3,5-6,8,11H2,1-2H3. The van der Waals surface area contributed by atoms with Crippen LogP contribution in [-0.2, 0) is 4.79 Å². The van der Waals surface area contributed by atoms with Crippen LogP contribution in [0.3, 0.4) is 0 Å². The molecule has 4 aromatic rings. The summed E-state index contributed by atoms with van der Waals surface area (Å²) in [6.45, 7) is 4.14. The van der Waals surface area contributed by atoms with Gasteiger partial charge in [-0.15, -0.1) is 0 Å². The van der Waals surface area contributed by atoms with E-state index in [9.17, 15) is 9.18 Å². The predicted octanol–water partition coefficient (Wildman–Crippen LogP) is 4.94. The predicted molar refractivity (Wildman–Crippen MR) is 130 cm³/mol. The molecule has 1 aliphatic carbocycles.